The predicted octanol–water partition coefficient (Wildman–Crippen LogP) is 2.02. The van der Waals surface area contributed by atoms with Crippen LogP contribution in [-0.4, -0.2) is 48.3 Å². The van der Waals surface area contributed by atoms with Crippen LogP contribution in [-0.2, 0) is 4.74 Å². The monoisotopic (exact) mass is 240 g/mol. The quantitative estimate of drug-likeness (QED) is 0.813. The standard InChI is InChI=1S/C14H28N2O/c1-5-11-9-15-14(3,4)10-16(11)12-7-13(8-12)17-6-2/h11-13,15H,5-10H2,1-4H3. The van der Waals surface area contributed by atoms with Crippen molar-refractivity contribution in [1.82, 2.24) is 10.2 Å². The minimum absolute atomic E-state index is 0.266. The van der Waals surface area contributed by atoms with E-state index in [0.717, 1.165) is 25.2 Å². The molecule has 2 fully saturated rings. The van der Waals surface area contributed by atoms with E-state index in [1.807, 2.05) is 0 Å². The molecule has 1 saturated heterocycles. The van der Waals surface area contributed by atoms with Crippen LogP contribution in [0.2, 0.25) is 0 Å². The van der Waals surface area contributed by atoms with E-state index in [9.17, 15) is 0 Å². The summed E-state index contributed by atoms with van der Waals surface area (Å²) in [6.45, 7) is 12.2. The van der Waals surface area contributed by atoms with Crippen LogP contribution >= 0.6 is 0 Å². The number of nitrogens with one attached hydrogen (secondary N) is 1. The molecule has 1 atom stereocenters. The maximum absolute atomic E-state index is 5.68. The fourth-order valence-electron chi connectivity index (χ4n) is 3.14. The maximum Gasteiger partial charge on any atom is 0.0604 e. The molecule has 1 aliphatic heterocycles. The average Bonchev–Trinajstić information content (AvgIpc) is 2.21. The van der Waals surface area contributed by atoms with Gasteiger partial charge in [-0.1, -0.05) is 6.92 Å². The number of ether oxygens (including phenoxy) is 1. The third-order valence-corrected chi connectivity index (χ3v) is 4.28. The number of rotatable bonds is 4. The summed E-state index contributed by atoms with van der Waals surface area (Å²) >= 11 is 0. The first-order valence-electron chi connectivity index (χ1n) is 7.18. The molecule has 0 radical (unpaired) electrons. The van der Waals surface area contributed by atoms with Crippen molar-refractivity contribution in [3.63, 3.8) is 0 Å². The molecular formula is C14H28N2O. The summed E-state index contributed by atoms with van der Waals surface area (Å²) in [5.74, 6) is 0. The van der Waals surface area contributed by atoms with Gasteiger partial charge in [-0.05, 0) is 40.0 Å². The molecule has 2 aliphatic rings. The third kappa shape index (κ3) is 3.01. The highest BCUT2D eigenvalue weighted by Crippen LogP contribution is 2.32. The number of hydrogen-bond acceptors (Lipinski definition) is 3. The fraction of sp³-hybridized carbons (Fsp3) is 1.00. The van der Waals surface area contributed by atoms with Crippen molar-refractivity contribution in [2.24, 2.45) is 0 Å². The van der Waals surface area contributed by atoms with Gasteiger partial charge >= 0.3 is 0 Å². The largest absolute Gasteiger partial charge is 0.378 e. The summed E-state index contributed by atoms with van der Waals surface area (Å²) in [6, 6.07) is 1.48. The first-order chi connectivity index (χ1) is 8.05. The Morgan fingerprint density at radius 2 is 2.00 bits per heavy atom. The summed E-state index contributed by atoms with van der Waals surface area (Å²) in [5.41, 5.74) is 0.266. The molecule has 1 heterocycles. The molecule has 0 spiro atoms. The van der Waals surface area contributed by atoms with Crippen LogP contribution in [0.1, 0.15) is 47.0 Å². The smallest absolute Gasteiger partial charge is 0.0604 e. The van der Waals surface area contributed by atoms with Gasteiger partial charge in [-0.25, -0.2) is 0 Å². The molecule has 0 amide bonds. The van der Waals surface area contributed by atoms with Crippen LogP contribution in [0.25, 0.3) is 0 Å². The first kappa shape index (κ1) is 13.3. The van der Waals surface area contributed by atoms with E-state index in [4.69, 9.17) is 4.74 Å². The van der Waals surface area contributed by atoms with Crippen LogP contribution < -0.4 is 5.32 Å². The van der Waals surface area contributed by atoms with Gasteiger partial charge < -0.3 is 10.1 Å². The Morgan fingerprint density at radius 1 is 1.29 bits per heavy atom. The van der Waals surface area contributed by atoms with Crippen molar-refractivity contribution >= 4 is 0 Å². The SMILES string of the molecule is CCOC1CC(N2CC(C)(C)NCC2CC)C1. The van der Waals surface area contributed by atoms with Crippen LogP contribution in [0.3, 0.4) is 0 Å². The molecule has 2 rings (SSSR count). The van der Waals surface area contributed by atoms with E-state index in [2.05, 4.69) is 37.9 Å². The minimum atomic E-state index is 0.266. The van der Waals surface area contributed by atoms with Gasteiger partial charge in [0.25, 0.3) is 0 Å². The van der Waals surface area contributed by atoms with Crippen LogP contribution in [0.15, 0.2) is 0 Å². The van der Waals surface area contributed by atoms with E-state index in [0.29, 0.717) is 6.10 Å². The molecule has 1 saturated carbocycles. The zero-order valence-corrected chi connectivity index (χ0v) is 11.8. The van der Waals surface area contributed by atoms with E-state index in [-0.39, 0.29) is 5.54 Å². The maximum atomic E-state index is 5.68. The molecule has 1 N–H and O–H groups in total. The zero-order chi connectivity index (χ0) is 12.5. The van der Waals surface area contributed by atoms with Crippen LogP contribution in [0, 0.1) is 0 Å². The summed E-state index contributed by atoms with van der Waals surface area (Å²) in [4.78, 5) is 2.73. The van der Waals surface area contributed by atoms with Crippen LogP contribution in [0.4, 0.5) is 0 Å². The molecule has 0 aromatic rings. The zero-order valence-electron chi connectivity index (χ0n) is 11.8. The summed E-state index contributed by atoms with van der Waals surface area (Å²) in [7, 11) is 0. The molecule has 0 bridgehead atoms. The van der Waals surface area contributed by atoms with E-state index in [1.54, 1.807) is 0 Å². The van der Waals surface area contributed by atoms with Gasteiger partial charge in [0, 0.05) is 37.3 Å². The molecule has 0 aromatic heterocycles. The van der Waals surface area contributed by atoms with Crippen molar-refractivity contribution < 1.29 is 4.74 Å². The molecule has 3 heteroatoms. The minimum Gasteiger partial charge on any atom is -0.378 e. The predicted molar refractivity (Wildman–Crippen MR) is 71.3 cm³/mol. The van der Waals surface area contributed by atoms with Crippen LogP contribution in [0.5, 0.6) is 0 Å². The number of nitrogens with zero attached hydrogens (tertiary/aromatic N) is 1. The average molecular weight is 240 g/mol. The third-order valence-electron chi connectivity index (χ3n) is 4.28. The Balaban J connectivity index is 1.89. The van der Waals surface area contributed by atoms with Gasteiger partial charge in [0.15, 0.2) is 0 Å². The lowest BCUT2D eigenvalue weighted by atomic mass is 9.84. The normalized spacial score (nSPS) is 37.8. The van der Waals surface area contributed by atoms with Gasteiger partial charge in [0.1, 0.15) is 0 Å². The fourth-order valence-corrected chi connectivity index (χ4v) is 3.14. The van der Waals surface area contributed by atoms with Crippen molar-refractivity contribution in [2.45, 2.75) is 70.7 Å². The van der Waals surface area contributed by atoms with Gasteiger partial charge in [0.2, 0.25) is 0 Å². The first-order valence-corrected chi connectivity index (χ1v) is 7.18. The van der Waals surface area contributed by atoms with E-state index >= 15 is 0 Å². The van der Waals surface area contributed by atoms with Crippen molar-refractivity contribution in [3.8, 4) is 0 Å². The molecule has 17 heavy (non-hydrogen) atoms. The number of piperazine rings is 1. The van der Waals surface area contributed by atoms with E-state index in [1.165, 1.54) is 25.8 Å². The Kier molecular flexibility index (Phi) is 4.11. The highest BCUT2D eigenvalue weighted by molar-refractivity contribution is 4.98. The van der Waals surface area contributed by atoms with Crippen molar-refractivity contribution in [3.05, 3.63) is 0 Å². The molecule has 0 aromatic carbocycles. The summed E-state index contributed by atoms with van der Waals surface area (Å²) in [5, 5.41) is 3.66. The topological polar surface area (TPSA) is 24.5 Å². The summed E-state index contributed by atoms with van der Waals surface area (Å²) in [6.07, 6.45) is 4.25. The molecule has 100 valence electrons. The second-order valence-corrected chi connectivity index (χ2v) is 6.20. The second kappa shape index (κ2) is 5.25. The van der Waals surface area contributed by atoms with Gasteiger partial charge in [-0.15, -0.1) is 0 Å². The Labute approximate surface area is 106 Å². The van der Waals surface area contributed by atoms with E-state index < -0.39 is 0 Å². The lowest BCUT2D eigenvalue weighted by Crippen LogP contribution is -2.66. The lowest BCUT2D eigenvalue weighted by molar-refractivity contribution is -0.0728. The molecule has 1 unspecified atom stereocenters. The molecule has 1 aliphatic carbocycles. The van der Waals surface area contributed by atoms with Gasteiger partial charge in [-0.2, -0.15) is 0 Å². The Bertz CT molecular complexity index is 249. The Morgan fingerprint density at radius 3 is 2.59 bits per heavy atom. The summed E-state index contributed by atoms with van der Waals surface area (Å²) < 4.78 is 5.68. The second-order valence-electron chi connectivity index (χ2n) is 6.20. The van der Waals surface area contributed by atoms with Gasteiger partial charge in [-0.3, -0.25) is 4.90 Å². The lowest BCUT2D eigenvalue weighted by Gasteiger charge is -2.52. The Hall–Kier alpha value is -0.120. The van der Waals surface area contributed by atoms with Gasteiger partial charge in [0.05, 0.1) is 6.10 Å². The highest BCUT2D eigenvalue weighted by atomic mass is 16.5. The van der Waals surface area contributed by atoms with Crippen molar-refractivity contribution in [1.29, 1.82) is 0 Å². The van der Waals surface area contributed by atoms with Crippen molar-refractivity contribution in [2.75, 3.05) is 19.7 Å². The molecule has 3 nitrogen and oxygen atoms in total. The molecular weight excluding hydrogens is 212 g/mol. The highest BCUT2D eigenvalue weighted by Gasteiger charge is 2.41. The number of hydrogen-bond donors (Lipinski definition) is 1.